The molecule has 0 saturated carbocycles. The standard InChI is InChI=1S/C21H25N3O2.ClH/c1-25-20-10-5-11-23-21(20)24-13-12-22-14-17(24)7-4-6-16-15-26-19-9-3-2-8-18(16)19;/h2-3,5,8-11,15,17,22H,4,6-7,12-14H2,1H3;1H. The molecular weight excluding hydrogens is 362 g/mol. The number of anilines is 1. The summed E-state index contributed by atoms with van der Waals surface area (Å²) in [6, 6.07) is 12.6. The third kappa shape index (κ3) is 4.20. The van der Waals surface area contributed by atoms with Crippen molar-refractivity contribution in [1.82, 2.24) is 10.3 Å². The Labute approximate surface area is 166 Å². The first-order valence-electron chi connectivity index (χ1n) is 9.28. The molecule has 0 bridgehead atoms. The van der Waals surface area contributed by atoms with Gasteiger partial charge >= 0.3 is 0 Å². The Morgan fingerprint density at radius 2 is 2.15 bits per heavy atom. The molecule has 0 spiro atoms. The van der Waals surface area contributed by atoms with Crippen molar-refractivity contribution >= 4 is 29.2 Å². The van der Waals surface area contributed by atoms with Gasteiger partial charge in [-0.1, -0.05) is 18.2 Å². The number of para-hydroxylation sites is 1. The summed E-state index contributed by atoms with van der Waals surface area (Å²) in [5, 5.41) is 4.75. The normalized spacial score (nSPS) is 16.9. The van der Waals surface area contributed by atoms with E-state index in [9.17, 15) is 0 Å². The van der Waals surface area contributed by atoms with Crippen LogP contribution in [0.2, 0.25) is 0 Å². The van der Waals surface area contributed by atoms with Crippen LogP contribution >= 0.6 is 12.4 Å². The second-order valence-corrected chi connectivity index (χ2v) is 6.73. The zero-order valence-electron chi connectivity index (χ0n) is 15.6. The van der Waals surface area contributed by atoms with Gasteiger partial charge in [-0.3, -0.25) is 0 Å². The van der Waals surface area contributed by atoms with E-state index in [-0.39, 0.29) is 12.4 Å². The highest BCUT2D eigenvalue weighted by Crippen LogP contribution is 2.29. The van der Waals surface area contributed by atoms with E-state index in [4.69, 9.17) is 9.15 Å². The highest BCUT2D eigenvalue weighted by atomic mass is 35.5. The Hall–Kier alpha value is -2.24. The van der Waals surface area contributed by atoms with Gasteiger partial charge in [0.25, 0.3) is 0 Å². The van der Waals surface area contributed by atoms with Gasteiger partial charge < -0.3 is 19.4 Å². The molecule has 1 N–H and O–H groups in total. The second-order valence-electron chi connectivity index (χ2n) is 6.73. The number of methoxy groups -OCH3 is 1. The summed E-state index contributed by atoms with van der Waals surface area (Å²) >= 11 is 0. The predicted octanol–water partition coefficient (Wildman–Crippen LogP) is 4.06. The molecule has 3 heterocycles. The number of aromatic nitrogens is 1. The fourth-order valence-electron chi connectivity index (χ4n) is 3.81. The first kappa shape index (κ1) is 19.5. The molecule has 0 radical (unpaired) electrons. The Bertz CT molecular complexity index is 867. The maximum atomic E-state index is 5.66. The quantitative estimate of drug-likeness (QED) is 0.691. The van der Waals surface area contributed by atoms with E-state index in [0.29, 0.717) is 6.04 Å². The molecule has 1 aliphatic heterocycles. The third-order valence-electron chi connectivity index (χ3n) is 5.14. The Morgan fingerprint density at radius 3 is 3.04 bits per heavy atom. The molecule has 1 aromatic carbocycles. The molecule has 27 heavy (non-hydrogen) atoms. The number of hydrogen-bond donors (Lipinski definition) is 1. The molecule has 1 atom stereocenters. The number of piperazine rings is 1. The van der Waals surface area contributed by atoms with Gasteiger partial charge in [-0.15, -0.1) is 12.4 Å². The molecule has 4 rings (SSSR count). The number of hydrogen-bond acceptors (Lipinski definition) is 5. The topological polar surface area (TPSA) is 50.5 Å². The van der Waals surface area contributed by atoms with Crippen LogP contribution in [0.25, 0.3) is 11.0 Å². The van der Waals surface area contributed by atoms with Gasteiger partial charge in [-0.05, 0) is 43.0 Å². The molecular formula is C21H26ClN3O2. The number of nitrogens with zero attached hydrogens (tertiary/aromatic N) is 2. The average molecular weight is 388 g/mol. The van der Waals surface area contributed by atoms with Gasteiger partial charge in [-0.25, -0.2) is 4.98 Å². The Morgan fingerprint density at radius 1 is 1.26 bits per heavy atom. The molecule has 5 nitrogen and oxygen atoms in total. The summed E-state index contributed by atoms with van der Waals surface area (Å²) in [6.07, 6.45) is 6.99. The number of rotatable bonds is 6. The molecule has 144 valence electrons. The van der Waals surface area contributed by atoms with Crippen molar-refractivity contribution in [1.29, 1.82) is 0 Å². The van der Waals surface area contributed by atoms with Gasteiger partial charge in [0.1, 0.15) is 5.58 Å². The highest BCUT2D eigenvalue weighted by Gasteiger charge is 2.25. The lowest BCUT2D eigenvalue weighted by molar-refractivity contribution is 0.398. The van der Waals surface area contributed by atoms with E-state index >= 15 is 0 Å². The van der Waals surface area contributed by atoms with Gasteiger partial charge in [0.2, 0.25) is 0 Å². The van der Waals surface area contributed by atoms with Gasteiger partial charge in [0, 0.05) is 37.3 Å². The molecule has 1 saturated heterocycles. The lowest BCUT2D eigenvalue weighted by atomic mass is 10.0. The summed E-state index contributed by atoms with van der Waals surface area (Å²) in [7, 11) is 1.71. The van der Waals surface area contributed by atoms with Crippen LogP contribution in [-0.4, -0.2) is 37.8 Å². The zero-order chi connectivity index (χ0) is 17.8. The molecule has 2 aromatic heterocycles. The summed E-state index contributed by atoms with van der Waals surface area (Å²) < 4.78 is 11.2. The number of fused-ring (bicyclic) bond motifs is 1. The first-order valence-corrected chi connectivity index (χ1v) is 9.28. The fourth-order valence-corrected chi connectivity index (χ4v) is 3.81. The summed E-state index contributed by atoms with van der Waals surface area (Å²) in [6.45, 7) is 2.90. The Balaban J connectivity index is 0.00000210. The first-order chi connectivity index (χ1) is 12.9. The summed E-state index contributed by atoms with van der Waals surface area (Å²) in [5.41, 5.74) is 2.27. The van der Waals surface area contributed by atoms with Crippen LogP contribution in [0.1, 0.15) is 18.4 Å². The lowest BCUT2D eigenvalue weighted by Gasteiger charge is -2.37. The minimum absolute atomic E-state index is 0. The maximum absolute atomic E-state index is 5.66. The van der Waals surface area contributed by atoms with E-state index in [1.165, 1.54) is 10.9 Å². The van der Waals surface area contributed by atoms with Gasteiger partial charge in [0.05, 0.1) is 13.4 Å². The summed E-state index contributed by atoms with van der Waals surface area (Å²) in [4.78, 5) is 6.97. The second kappa shape index (κ2) is 9.11. The number of aryl methyl sites for hydroxylation is 1. The van der Waals surface area contributed by atoms with Crippen molar-refractivity contribution in [2.24, 2.45) is 0 Å². The number of benzene rings is 1. The summed E-state index contributed by atoms with van der Waals surface area (Å²) in [5.74, 6) is 1.80. The average Bonchev–Trinajstić information content (AvgIpc) is 3.12. The van der Waals surface area contributed by atoms with E-state index in [1.54, 1.807) is 7.11 Å². The zero-order valence-corrected chi connectivity index (χ0v) is 16.4. The molecule has 1 fully saturated rings. The van der Waals surface area contributed by atoms with Crippen LogP contribution in [0.15, 0.2) is 53.3 Å². The van der Waals surface area contributed by atoms with E-state index < -0.39 is 0 Å². The lowest BCUT2D eigenvalue weighted by Crippen LogP contribution is -2.51. The monoisotopic (exact) mass is 387 g/mol. The molecule has 0 aliphatic carbocycles. The van der Waals surface area contributed by atoms with Crippen molar-refractivity contribution in [3.05, 3.63) is 54.4 Å². The van der Waals surface area contributed by atoms with Crippen molar-refractivity contribution < 1.29 is 9.15 Å². The number of pyridine rings is 1. The van der Waals surface area contributed by atoms with Gasteiger partial charge in [0.15, 0.2) is 11.6 Å². The largest absolute Gasteiger partial charge is 0.493 e. The smallest absolute Gasteiger partial charge is 0.171 e. The minimum Gasteiger partial charge on any atom is -0.493 e. The number of furan rings is 1. The van der Waals surface area contributed by atoms with Crippen LogP contribution in [0.4, 0.5) is 5.82 Å². The fraction of sp³-hybridized carbons (Fsp3) is 0.381. The van der Waals surface area contributed by atoms with E-state index in [1.807, 2.05) is 36.7 Å². The van der Waals surface area contributed by atoms with Crippen LogP contribution in [0, 0.1) is 0 Å². The van der Waals surface area contributed by atoms with Crippen molar-refractivity contribution in [3.8, 4) is 5.75 Å². The highest BCUT2D eigenvalue weighted by molar-refractivity contribution is 5.85. The van der Waals surface area contributed by atoms with Crippen LogP contribution in [-0.2, 0) is 6.42 Å². The SMILES string of the molecule is COc1cccnc1N1CCNCC1CCCc1coc2ccccc12.Cl. The van der Waals surface area contributed by atoms with E-state index in [2.05, 4.69) is 27.3 Å². The number of nitrogens with one attached hydrogen (secondary N) is 1. The predicted molar refractivity (Wildman–Crippen MR) is 111 cm³/mol. The van der Waals surface area contributed by atoms with Crippen molar-refractivity contribution in [3.63, 3.8) is 0 Å². The van der Waals surface area contributed by atoms with Gasteiger partial charge in [-0.2, -0.15) is 0 Å². The number of ether oxygens (including phenoxy) is 1. The molecule has 1 unspecified atom stereocenters. The third-order valence-corrected chi connectivity index (χ3v) is 5.14. The number of halogens is 1. The molecule has 1 aliphatic rings. The molecule has 6 heteroatoms. The molecule has 3 aromatic rings. The van der Waals surface area contributed by atoms with E-state index in [0.717, 1.165) is 56.0 Å². The minimum atomic E-state index is 0. The Kier molecular flexibility index (Phi) is 6.58. The van der Waals surface area contributed by atoms with Crippen molar-refractivity contribution in [2.75, 3.05) is 31.6 Å². The molecule has 0 amide bonds. The maximum Gasteiger partial charge on any atom is 0.171 e. The van der Waals surface area contributed by atoms with Crippen LogP contribution in [0.5, 0.6) is 5.75 Å². The van der Waals surface area contributed by atoms with Crippen LogP contribution in [0.3, 0.4) is 0 Å². The van der Waals surface area contributed by atoms with Crippen LogP contribution < -0.4 is 15.0 Å². The van der Waals surface area contributed by atoms with Crippen molar-refractivity contribution in [2.45, 2.75) is 25.3 Å².